The summed E-state index contributed by atoms with van der Waals surface area (Å²) in [5.41, 5.74) is -0.0505. The number of aliphatic hydroxyl groups is 1. The van der Waals surface area contributed by atoms with Crippen LogP contribution in [0.3, 0.4) is 0 Å². The van der Waals surface area contributed by atoms with E-state index in [1.807, 2.05) is 13.8 Å². The van der Waals surface area contributed by atoms with Gasteiger partial charge in [0.2, 0.25) is 0 Å². The van der Waals surface area contributed by atoms with E-state index in [4.69, 9.17) is 0 Å². The van der Waals surface area contributed by atoms with E-state index in [9.17, 15) is 9.90 Å². The molecule has 1 aliphatic heterocycles. The average Bonchev–Trinajstić information content (AvgIpc) is 2.50. The summed E-state index contributed by atoms with van der Waals surface area (Å²) in [6.07, 6.45) is 5.64. The number of nitrogens with one attached hydrogen (secondary N) is 2. The largest absolute Gasteiger partial charge is 0.396 e. The molecule has 3 N–H and O–H groups in total. The summed E-state index contributed by atoms with van der Waals surface area (Å²) in [5.74, 6) is 0. The molecular formula is C17H35N3O2. The first kappa shape index (κ1) is 19.2. The SMILES string of the molecule is CC(C)(CO)CCCNC(=O)NCC(C)(C)N1CCCCC1. The summed E-state index contributed by atoms with van der Waals surface area (Å²) in [6.45, 7) is 12.2. The van der Waals surface area contributed by atoms with Gasteiger partial charge in [-0.2, -0.15) is 0 Å². The number of hydrogen-bond donors (Lipinski definition) is 3. The van der Waals surface area contributed by atoms with Crippen LogP contribution in [0, 0.1) is 5.41 Å². The van der Waals surface area contributed by atoms with Gasteiger partial charge in [0, 0.05) is 25.2 Å². The standard InChI is InChI=1S/C17H35N3O2/c1-16(2,14-21)9-8-10-18-15(22)19-13-17(3,4)20-11-6-5-7-12-20/h21H,5-14H2,1-4H3,(H2,18,19,22). The van der Waals surface area contributed by atoms with Crippen LogP contribution in [0.15, 0.2) is 0 Å². The molecule has 0 aromatic heterocycles. The highest BCUT2D eigenvalue weighted by Gasteiger charge is 2.28. The fourth-order valence-electron chi connectivity index (χ4n) is 2.82. The lowest BCUT2D eigenvalue weighted by Crippen LogP contribution is -2.54. The highest BCUT2D eigenvalue weighted by atomic mass is 16.3. The maximum atomic E-state index is 11.9. The second kappa shape index (κ2) is 8.73. The van der Waals surface area contributed by atoms with E-state index in [-0.39, 0.29) is 23.6 Å². The van der Waals surface area contributed by atoms with Crippen LogP contribution in [0.1, 0.15) is 59.8 Å². The normalized spacial score (nSPS) is 17.3. The topological polar surface area (TPSA) is 64.6 Å². The Morgan fingerprint density at radius 3 is 2.32 bits per heavy atom. The van der Waals surface area contributed by atoms with Gasteiger partial charge in [-0.3, -0.25) is 4.90 Å². The molecule has 0 atom stereocenters. The Morgan fingerprint density at radius 1 is 1.09 bits per heavy atom. The quantitative estimate of drug-likeness (QED) is 0.603. The van der Waals surface area contributed by atoms with Crippen LogP contribution in [0.5, 0.6) is 0 Å². The number of hydrogen-bond acceptors (Lipinski definition) is 3. The molecule has 1 fully saturated rings. The molecule has 1 heterocycles. The van der Waals surface area contributed by atoms with E-state index >= 15 is 0 Å². The van der Waals surface area contributed by atoms with Crippen molar-refractivity contribution in [2.75, 3.05) is 32.8 Å². The fraction of sp³-hybridized carbons (Fsp3) is 0.941. The van der Waals surface area contributed by atoms with Gasteiger partial charge in [0.05, 0.1) is 0 Å². The monoisotopic (exact) mass is 313 g/mol. The van der Waals surface area contributed by atoms with Crippen LogP contribution in [0.2, 0.25) is 0 Å². The molecule has 5 heteroatoms. The van der Waals surface area contributed by atoms with Crippen molar-refractivity contribution in [2.45, 2.75) is 65.3 Å². The Hall–Kier alpha value is -0.810. The molecule has 0 bridgehead atoms. The lowest BCUT2D eigenvalue weighted by molar-refractivity contribution is 0.0959. The highest BCUT2D eigenvalue weighted by molar-refractivity contribution is 5.73. The fourth-order valence-corrected chi connectivity index (χ4v) is 2.82. The number of nitrogens with zero attached hydrogens (tertiary/aromatic N) is 1. The summed E-state index contributed by atoms with van der Waals surface area (Å²) in [4.78, 5) is 14.3. The minimum atomic E-state index is -0.0908. The third-order valence-electron chi connectivity index (χ3n) is 4.64. The van der Waals surface area contributed by atoms with Crippen LogP contribution < -0.4 is 10.6 Å². The minimum absolute atomic E-state index is 0.0106. The van der Waals surface area contributed by atoms with Crippen molar-refractivity contribution < 1.29 is 9.90 Å². The van der Waals surface area contributed by atoms with E-state index < -0.39 is 0 Å². The molecular weight excluding hydrogens is 278 g/mol. The Balaban J connectivity index is 2.19. The molecule has 5 nitrogen and oxygen atoms in total. The van der Waals surface area contributed by atoms with Gasteiger partial charge in [-0.15, -0.1) is 0 Å². The molecule has 0 spiro atoms. The van der Waals surface area contributed by atoms with Crippen molar-refractivity contribution >= 4 is 6.03 Å². The Morgan fingerprint density at radius 2 is 1.73 bits per heavy atom. The molecule has 1 saturated heterocycles. The molecule has 1 rings (SSSR count). The van der Waals surface area contributed by atoms with E-state index in [0.717, 1.165) is 25.9 Å². The van der Waals surface area contributed by atoms with Crippen LogP contribution in [0.25, 0.3) is 0 Å². The zero-order valence-corrected chi connectivity index (χ0v) is 14.9. The van der Waals surface area contributed by atoms with Crippen molar-refractivity contribution in [3.63, 3.8) is 0 Å². The number of aliphatic hydroxyl groups excluding tert-OH is 1. The number of likely N-dealkylation sites (tertiary alicyclic amines) is 1. The van der Waals surface area contributed by atoms with Gasteiger partial charge in [0.1, 0.15) is 0 Å². The second-order valence-corrected chi connectivity index (χ2v) is 7.90. The zero-order chi connectivity index (χ0) is 16.6. The summed E-state index contributed by atoms with van der Waals surface area (Å²) in [5, 5.41) is 15.1. The Kier molecular flexibility index (Phi) is 7.63. The molecule has 0 radical (unpaired) electrons. The summed E-state index contributed by atoms with van der Waals surface area (Å²) < 4.78 is 0. The predicted molar refractivity (Wildman–Crippen MR) is 91.0 cm³/mol. The molecule has 130 valence electrons. The van der Waals surface area contributed by atoms with Crippen molar-refractivity contribution in [1.29, 1.82) is 0 Å². The van der Waals surface area contributed by atoms with Crippen LogP contribution >= 0.6 is 0 Å². The first-order chi connectivity index (χ1) is 10.3. The first-order valence-electron chi connectivity index (χ1n) is 8.64. The van der Waals surface area contributed by atoms with Crippen LogP contribution in [0.4, 0.5) is 4.79 Å². The Bertz CT molecular complexity index is 337. The number of urea groups is 1. The van der Waals surface area contributed by atoms with Gasteiger partial charge in [0.25, 0.3) is 0 Å². The summed E-state index contributed by atoms with van der Waals surface area (Å²) >= 11 is 0. The van der Waals surface area contributed by atoms with Crippen LogP contribution in [-0.4, -0.2) is 54.4 Å². The summed E-state index contributed by atoms with van der Waals surface area (Å²) in [7, 11) is 0. The maximum absolute atomic E-state index is 11.9. The molecule has 0 aliphatic carbocycles. The second-order valence-electron chi connectivity index (χ2n) is 7.90. The Labute approximate surface area is 135 Å². The number of amides is 2. The number of carbonyl (C=O) groups excluding carboxylic acids is 1. The number of carbonyl (C=O) groups is 1. The zero-order valence-electron chi connectivity index (χ0n) is 14.9. The van der Waals surface area contributed by atoms with Crippen LogP contribution in [-0.2, 0) is 0 Å². The van der Waals surface area contributed by atoms with Gasteiger partial charge in [-0.05, 0) is 58.0 Å². The third-order valence-corrected chi connectivity index (χ3v) is 4.64. The number of piperidine rings is 1. The highest BCUT2D eigenvalue weighted by Crippen LogP contribution is 2.21. The van der Waals surface area contributed by atoms with Crippen molar-refractivity contribution in [3.05, 3.63) is 0 Å². The average molecular weight is 313 g/mol. The van der Waals surface area contributed by atoms with E-state index in [1.54, 1.807) is 0 Å². The van der Waals surface area contributed by atoms with Crippen molar-refractivity contribution in [2.24, 2.45) is 5.41 Å². The van der Waals surface area contributed by atoms with Gasteiger partial charge < -0.3 is 15.7 Å². The first-order valence-corrected chi connectivity index (χ1v) is 8.64. The predicted octanol–water partition coefficient (Wildman–Crippen LogP) is 2.35. The molecule has 0 aromatic carbocycles. The lowest BCUT2D eigenvalue weighted by atomic mass is 9.89. The molecule has 0 unspecified atom stereocenters. The lowest BCUT2D eigenvalue weighted by Gasteiger charge is -2.41. The smallest absolute Gasteiger partial charge is 0.314 e. The molecule has 0 aromatic rings. The van der Waals surface area contributed by atoms with Crippen molar-refractivity contribution in [1.82, 2.24) is 15.5 Å². The number of rotatable bonds is 8. The van der Waals surface area contributed by atoms with E-state index in [2.05, 4.69) is 29.4 Å². The molecule has 22 heavy (non-hydrogen) atoms. The van der Waals surface area contributed by atoms with E-state index in [1.165, 1.54) is 19.3 Å². The third kappa shape index (κ3) is 6.97. The van der Waals surface area contributed by atoms with Gasteiger partial charge in [-0.25, -0.2) is 4.79 Å². The minimum Gasteiger partial charge on any atom is -0.396 e. The van der Waals surface area contributed by atoms with Crippen molar-refractivity contribution in [3.8, 4) is 0 Å². The van der Waals surface area contributed by atoms with Gasteiger partial charge in [-0.1, -0.05) is 20.3 Å². The molecule has 2 amide bonds. The molecule has 0 saturated carbocycles. The summed E-state index contributed by atoms with van der Waals surface area (Å²) in [6, 6.07) is -0.0908. The van der Waals surface area contributed by atoms with E-state index in [0.29, 0.717) is 13.1 Å². The maximum Gasteiger partial charge on any atom is 0.314 e. The van der Waals surface area contributed by atoms with Gasteiger partial charge in [0.15, 0.2) is 0 Å². The molecule has 1 aliphatic rings. The van der Waals surface area contributed by atoms with Gasteiger partial charge >= 0.3 is 6.03 Å².